The predicted molar refractivity (Wildman–Crippen MR) is 65.4 cm³/mol. The Labute approximate surface area is 102 Å². The van der Waals surface area contributed by atoms with Crippen molar-refractivity contribution in [3.63, 3.8) is 0 Å². The third-order valence-corrected chi connectivity index (χ3v) is 2.31. The molecule has 0 aliphatic rings. The van der Waals surface area contributed by atoms with Crippen LogP contribution in [0.15, 0.2) is 35.0 Å². The number of carbonyl (C=O) groups is 1. The number of hydrogen-bond donors (Lipinski definition) is 0. The van der Waals surface area contributed by atoms with Crippen LogP contribution in [0.3, 0.4) is 0 Å². The average molecular weight is 237 g/mol. The highest BCUT2D eigenvalue weighted by Crippen LogP contribution is 2.04. The summed E-state index contributed by atoms with van der Waals surface area (Å²) in [4.78, 5) is 13.2. The van der Waals surface area contributed by atoms with Crippen LogP contribution < -0.4 is 0 Å². The largest absolute Gasteiger partial charge is 0.468 e. The SMILES string of the molecule is CCOC(=O)/C=C/CN(CC)Cc1ccco1. The van der Waals surface area contributed by atoms with Crippen molar-refractivity contribution in [3.8, 4) is 0 Å². The van der Waals surface area contributed by atoms with Crippen molar-refractivity contribution in [2.45, 2.75) is 20.4 Å². The Morgan fingerprint density at radius 2 is 2.35 bits per heavy atom. The van der Waals surface area contributed by atoms with Crippen LogP contribution in [0, 0.1) is 0 Å². The number of rotatable bonds is 7. The molecule has 4 nitrogen and oxygen atoms in total. The highest BCUT2D eigenvalue weighted by Gasteiger charge is 2.03. The summed E-state index contributed by atoms with van der Waals surface area (Å²) >= 11 is 0. The van der Waals surface area contributed by atoms with Crippen LogP contribution in [0.5, 0.6) is 0 Å². The molecule has 0 aliphatic heterocycles. The number of ether oxygens (including phenoxy) is 1. The zero-order valence-electron chi connectivity index (χ0n) is 10.4. The molecule has 0 N–H and O–H groups in total. The third-order valence-electron chi connectivity index (χ3n) is 2.31. The minimum atomic E-state index is -0.290. The molecule has 1 aromatic heterocycles. The zero-order valence-corrected chi connectivity index (χ0v) is 10.4. The summed E-state index contributed by atoms with van der Waals surface area (Å²) in [5.41, 5.74) is 0. The number of carbonyl (C=O) groups excluding carboxylic acids is 1. The van der Waals surface area contributed by atoms with Gasteiger partial charge in [0, 0.05) is 12.6 Å². The first-order valence-electron chi connectivity index (χ1n) is 5.84. The predicted octanol–water partition coefficient (Wildman–Crippen LogP) is 2.22. The van der Waals surface area contributed by atoms with E-state index in [1.165, 1.54) is 6.08 Å². The minimum absolute atomic E-state index is 0.290. The van der Waals surface area contributed by atoms with Gasteiger partial charge in [-0.2, -0.15) is 0 Å². The Morgan fingerprint density at radius 3 is 2.94 bits per heavy atom. The van der Waals surface area contributed by atoms with Crippen molar-refractivity contribution in [2.75, 3.05) is 19.7 Å². The van der Waals surface area contributed by atoms with Crippen LogP contribution in [-0.2, 0) is 16.1 Å². The summed E-state index contributed by atoms with van der Waals surface area (Å²) in [6, 6.07) is 3.81. The number of nitrogens with zero attached hydrogens (tertiary/aromatic N) is 1. The van der Waals surface area contributed by atoms with Gasteiger partial charge in [0.15, 0.2) is 0 Å². The van der Waals surface area contributed by atoms with E-state index < -0.39 is 0 Å². The smallest absolute Gasteiger partial charge is 0.330 e. The Morgan fingerprint density at radius 1 is 1.53 bits per heavy atom. The van der Waals surface area contributed by atoms with Gasteiger partial charge in [0.2, 0.25) is 0 Å². The molecular formula is C13H19NO3. The van der Waals surface area contributed by atoms with Crippen LogP contribution in [0.4, 0.5) is 0 Å². The Balaban J connectivity index is 2.34. The summed E-state index contributed by atoms with van der Waals surface area (Å²) < 4.78 is 10.1. The fourth-order valence-electron chi connectivity index (χ4n) is 1.42. The van der Waals surface area contributed by atoms with E-state index in [1.807, 2.05) is 18.2 Å². The second kappa shape index (κ2) is 7.68. The zero-order chi connectivity index (χ0) is 12.5. The van der Waals surface area contributed by atoms with E-state index in [9.17, 15) is 4.79 Å². The van der Waals surface area contributed by atoms with Crippen molar-refractivity contribution in [1.29, 1.82) is 0 Å². The Bertz CT molecular complexity index is 344. The first-order chi connectivity index (χ1) is 8.26. The molecule has 0 aromatic carbocycles. The third kappa shape index (κ3) is 5.36. The lowest BCUT2D eigenvalue weighted by Crippen LogP contribution is -2.22. The van der Waals surface area contributed by atoms with Gasteiger partial charge in [-0.05, 0) is 25.6 Å². The molecule has 0 fully saturated rings. The molecule has 1 heterocycles. The molecule has 0 saturated heterocycles. The summed E-state index contributed by atoms with van der Waals surface area (Å²) in [5, 5.41) is 0. The summed E-state index contributed by atoms with van der Waals surface area (Å²) in [7, 11) is 0. The fourth-order valence-corrected chi connectivity index (χ4v) is 1.42. The van der Waals surface area contributed by atoms with Gasteiger partial charge in [-0.25, -0.2) is 4.79 Å². The maximum absolute atomic E-state index is 11.1. The Kier molecular flexibility index (Phi) is 6.10. The maximum Gasteiger partial charge on any atom is 0.330 e. The first kappa shape index (κ1) is 13.5. The molecule has 1 rings (SSSR count). The molecule has 4 heteroatoms. The van der Waals surface area contributed by atoms with E-state index in [1.54, 1.807) is 13.2 Å². The van der Waals surface area contributed by atoms with Crippen LogP contribution in [0.25, 0.3) is 0 Å². The van der Waals surface area contributed by atoms with Crippen molar-refractivity contribution < 1.29 is 13.9 Å². The number of esters is 1. The van der Waals surface area contributed by atoms with Crippen molar-refractivity contribution in [2.24, 2.45) is 0 Å². The van der Waals surface area contributed by atoms with Crippen LogP contribution >= 0.6 is 0 Å². The average Bonchev–Trinajstić information content (AvgIpc) is 2.81. The van der Waals surface area contributed by atoms with Crippen molar-refractivity contribution >= 4 is 5.97 Å². The topological polar surface area (TPSA) is 42.7 Å². The van der Waals surface area contributed by atoms with Gasteiger partial charge in [0.1, 0.15) is 5.76 Å². The van der Waals surface area contributed by atoms with Crippen LogP contribution in [0.1, 0.15) is 19.6 Å². The highest BCUT2D eigenvalue weighted by molar-refractivity contribution is 5.81. The minimum Gasteiger partial charge on any atom is -0.468 e. The van der Waals surface area contributed by atoms with Gasteiger partial charge in [0.25, 0.3) is 0 Å². The van der Waals surface area contributed by atoms with Gasteiger partial charge < -0.3 is 9.15 Å². The van der Waals surface area contributed by atoms with Crippen LogP contribution in [0.2, 0.25) is 0 Å². The van der Waals surface area contributed by atoms with Gasteiger partial charge in [-0.15, -0.1) is 0 Å². The number of hydrogen-bond acceptors (Lipinski definition) is 4. The van der Waals surface area contributed by atoms with Crippen molar-refractivity contribution in [3.05, 3.63) is 36.3 Å². The molecule has 0 saturated carbocycles. The molecule has 94 valence electrons. The fraction of sp³-hybridized carbons (Fsp3) is 0.462. The lowest BCUT2D eigenvalue weighted by Gasteiger charge is -2.16. The monoisotopic (exact) mass is 237 g/mol. The van der Waals surface area contributed by atoms with Crippen molar-refractivity contribution in [1.82, 2.24) is 4.90 Å². The summed E-state index contributed by atoms with van der Waals surface area (Å²) in [5.74, 6) is 0.637. The molecular weight excluding hydrogens is 218 g/mol. The van der Waals surface area contributed by atoms with E-state index in [2.05, 4.69) is 11.8 Å². The number of furan rings is 1. The first-order valence-corrected chi connectivity index (χ1v) is 5.84. The molecule has 0 unspecified atom stereocenters. The molecule has 0 radical (unpaired) electrons. The molecule has 1 aromatic rings. The molecule has 0 aliphatic carbocycles. The summed E-state index contributed by atoms with van der Waals surface area (Å²) in [6.07, 6.45) is 4.94. The highest BCUT2D eigenvalue weighted by atomic mass is 16.5. The van der Waals surface area contributed by atoms with Gasteiger partial charge in [-0.3, -0.25) is 4.90 Å². The quantitative estimate of drug-likeness (QED) is 0.538. The van der Waals surface area contributed by atoms with E-state index in [0.29, 0.717) is 13.2 Å². The molecule has 0 spiro atoms. The molecule has 17 heavy (non-hydrogen) atoms. The maximum atomic E-state index is 11.1. The van der Waals surface area contributed by atoms with Gasteiger partial charge >= 0.3 is 5.97 Å². The molecule has 0 bridgehead atoms. The van der Waals surface area contributed by atoms with E-state index in [4.69, 9.17) is 9.15 Å². The van der Waals surface area contributed by atoms with Gasteiger partial charge in [0.05, 0.1) is 19.4 Å². The molecule has 0 atom stereocenters. The molecule has 0 amide bonds. The normalized spacial score (nSPS) is 11.2. The summed E-state index contributed by atoms with van der Waals surface area (Å²) in [6.45, 7) is 6.62. The van der Waals surface area contributed by atoms with Gasteiger partial charge in [-0.1, -0.05) is 13.0 Å². The van der Waals surface area contributed by atoms with E-state index in [-0.39, 0.29) is 5.97 Å². The van der Waals surface area contributed by atoms with Crippen LogP contribution in [-0.4, -0.2) is 30.6 Å². The standard InChI is InChI=1S/C13H19NO3/c1-3-14(11-12-7-6-10-17-12)9-5-8-13(15)16-4-2/h5-8,10H,3-4,9,11H2,1-2H3/b8-5+. The van der Waals surface area contributed by atoms with E-state index >= 15 is 0 Å². The second-order valence-corrected chi connectivity index (χ2v) is 3.56. The Hall–Kier alpha value is -1.55. The number of likely N-dealkylation sites (N-methyl/N-ethyl adjacent to an activating group) is 1. The lowest BCUT2D eigenvalue weighted by molar-refractivity contribution is -0.137. The lowest BCUT2D eigenvalue weighted by atomic mass is 10.3. The van der Waals surface area contributed by atoms with E-state index in [0.717, 1.165) is 18.8 Å². The second-order valence-electron chi connectivity index (χ2n) is 3.56.